The number of hydrogen-bond acceptors (Lipinski definition) is 3. The van der Waals surface area contributed by atoms with Gasteiger partial charge >= 0.3 is 0 Å². The highest BCUT2D eigenvalue weighted by Crippen LogP contribution is 2.18. The lowest BCUT2D eigenvalue weighted by molar-refractivity contribution is -0.141. The first-order valence-electron chi connectivity index (χ1n) is 8.77. The Hall–Kier alpha value is -2.21. The predicted molar refractivity (Wildman–Crippen MR) is 94.8 cm³/mol. The van der Waals surface area contributed by atoms with E-state index in [9.17, 15) is 9.18 Å². The van der Waals surface area contributed by atoms with Gasteiger partial charge in [0.1, 0.15) is 11.5 Å². The number of nitrogens with zero attached hydrogens (tertiary/aromatic N) is 4. The first-order chi connectivity index (χ1) is 12.0. The Balaban J connectivity index is 1.68. The summed E-state index contributed by atoms with van der Waals surface area (Å²) < 4.78 is 15.4. The van der Waals surface area contributed by atoms with Crippen molar-refractivity contribution in [1.82, 2.24) is 19.6 Å². The number of benzene rings is 1. The van der Waals surface area contributed by atoms with Crippen molar-refractivity contribution in [2.75, 3.05) is 19.6 Å². The van der Waals surface area contributed by atoms with Gasteiger partial charge < -0.3 is 4.90 Å². The van der Waals surface area contributed by atoms with Crippen molar-refractivity contribution in [3.05, 3.63) is 48.0 Å². The number of carbonyl (C=O) groups is 1. The van der Waals surface area contributed by atoms with Crippen LogP contribution in [0.15, 0.2) is 36.7 Å². The molecule has 0 spiro atoms. The maximum atomic E-state index is 13.9. The Labute approximate surface area is 148 Å². The second-order valence-corrected chi connectivity index (χ2v) is 7.07. The Morgan fingerprint density at radius 3 is 2.76 bits per heavy atom. The molecule has 1 atom stereocenters. The average molecular weight is 344 g/mol. The van der Waals surface area contributed by atoms with Gasteiger partial charge in [0, 0.05) is 37.9 Å². The largest absolute Gasteiger partial charge is 0.340 e. The molecule has 1 aliphatic heterocycles. The summed E-state index contributed by atoms with van der Waals surface area (Å²) in [5.41, 5.74) is 1.40. The highest BCUT2D eigenvalue weighted by Gasteiger charge is 2.31. The minimum atomic E-state index is -0.303. The van der Waals surface area contributed by atoms with Gasteiger partial charge in [0.2, 0.25) is 5.91 Å². The standard InChI is InChI=1S/C19H25FN4O/c1-14(2)11-23-9-8-22(15(3)19(23)25)12-16-10-21-24(13-16)18-7-5-4-6-17(18)20/h4-7,10,13-15H,8-9,11-12H2,1-3H3/t15-/m1/s1. The molecule has 3 rings (SSSR count). The summed E-state index contributed by atoms with van der Waals surface area (Å²) in [6.45, 7) is 9.24. The highest BCUT2D eigenvalue weighted by atomic mass is 19.1. The molecule has 1 amide bonds. The molecule has 2 aromatic rings. The molecule has 1 aromatic carbocycles. The first kappa shape index (κ1) is 17.6. The fraction of sp³-hybridized carbons (Fsp3) is 0.474. The molecule has 1 aromatic heterocycles. The van der Waals surface area contributed by atoms with Crippen molar-refractivity contribution in [2.45, 2.75) is 33.4 Å². The number of piperazine rings is 1. The number of hydrogen-bond donors (Lipinski definition) is 0. The van der Waals surface area contributed by atoms with Crippen LogP contribution in [-0.4, -0.2) is 51.2 Å². The van der Waals surface area contributed by atoms with E-state index in [0.717, 1.165) is 25.2 Å². The van der Waals surface area contributed by atoms with Crippen LogP contribution in [0.3, 0.4) is 0 Å². The summed E-state index contributed by atoms with van der Waals surface area (Å²) in [5, 5.41) is 4.27. The number of carbonyl (C=O) groups excluding carboxylic acids is 1. The zero-order valence-corrected chi connectivity index (χ0v) is 15.0. The van der Waals surface area contributed by atoms with Crippen LogP contribution >= 0.6 is 0 Å². The molecule has 0 N–H and O–H groups in total. The molecule has 0 unspecified atom stereocenters. The van der Waals surface area contributed by atoms with Crippen LogP contribution in [-0.2, 0) is 11.3 Å². The van der Waals surface area contributed by atoms with Crippen molar-refractivity contribution < 1.29 is 9.18 Å². The lowest BCUT2D eigenvalue weighted by Gasteiger charge is -2.39. The second kappa shape index (κ2) is 7.35. The fourth-order valence-corrected chi connectivity index (χ4v) is 3.26. The smallest absolute Gasteiger partial charge is 0.239 e. The normalized spacial score (nSPS) is 19.0. The number of amides is 1. The summed E-state index contributed by atoms with van der Waals surface area (Å²) in [5.74, 6) is 0.353. The number of aromatic nitrogens is 2. The maximum Gasteiger partial charge on any atom is 0.239 e. The SMILES string of the molecule is CC(C)CN1CCN(Cc2cnn(-c3ccccc3F)c2)[C@H](C)C1=O. The first-order valence-corrected chi connectivity index (χ1v) is 8.77. The zero-order valence-electron chi connectivity index (χ0n) is 15.0. The number of para-hydroxylation sites is 1. The fourth-order valence-electron chi connectivity index (χ4n) is 3.26. The molecule has 25 heavy (non-hydrogen) atoms. The third kappa shape index (κ3) is 3.90. The van der Waals surface area contributed by atoms with E-state index in [1.165, 1.54) is 6.07 Å². The van der Waals surface area contributed by atoms with E-state index in [1.807, 2.05) is 18.0 Å². The third-order valence-corrected chi connectivity index (χ3v) is 4.58. The van der Waals surface area contributed by atoms with Gasteiger partial charge in [-0.1, -0.05) is 26.0 Å². The molecule has 0 radical (unpaired) electrons. The van der Waals surface area contributed by atoms with Gasteiger partial charge in [-0.2, -0.15) is 5.10 Å². The van der Waals surface area contributed by atoms with Gasteiger partial charge in [-0.15, -0.1) is 0 Å². The van der Waals surface area contributed by atoms with E-state index in [0.29, 0.717) is 18.2 Å². The maximum absolute atomic E-state index is 13.9. The quantitative estimate of drug-likeness (QED) is 0.837. The molecular weight excluding hydrogens is 319 g/mol. The average Bonchev–Trinajstić information content (AvgIpc) is 3.03. The predicted octanol–water partition coefficient (Wildman–Crippen LogP) is 2.70. The Morgan fingerprint density at radius 2 is 2.04 bits per heavy atom. The Kier molecular flexibility index (Phi) is 5.18. The van der Waals surface area contributed by atoms with Crippen molar-refractivity contribution in [3.8, 4) is 5.69 Å². The second-order valence-electron chi connectivity index (χ2n) is 7.07. The Bertz CT molecular complexity index is 743. The van der Waals surface area contributed by atoms with Crippen LogP contribution in [0.1, 0.15) is 26.3 Å². The van der Waals surface area contributed by atoms with E-state index < -0.39 is 0 Å². The lowest BCUT2D eigenvalue weighted by atomic mass is 10.1. The molecule has 1 saturated heterocycles. The van der Waals surface area contributed by atoms with E-state index in [2.05, 4.69) is 23.8 Å². The molecule has 6 heteroatoms. The topological polar surface area (TPSA) is 41.4 Å². The van der Waals surface area contributed by atoms with Crippen LogP contribution in [0, 0.1) is 11.7 Å². The van der Waals surface area contributed by atoms with Gasteiger partial charge in [-0.05, 0) is 25.0 Å². The monoisotopic (exact) mass is 344 g/mol. The van der Waals surface area contributed by atoms with Crippen LogP contribution in [0.4, 0.5) is 4.39 Å². The van der Waals surface area contributed by atoms with Crippen LogP contribution in [0.2, 0.25) is 0 Å². The molecule has 5 nitrogen and oxygen atoms in total. The van der Waals surface area contributed by atoms with Crippen molar-refractivity contribution in [3.63, 3.8) is 0 Å². The summed E-state index contributed by atoms with van der Waals surface area (Å²) in [7, 11) is 0. The molecule has 134 valence electrons. The minimum Gasteiger partial charge on any atom is -0.340 e. The molecule has 0 bridgehead atoms. The number of halogens is 1. The summed E-state index contributed by atoms with van der Waals surface area (Å²) in [6.07, 6.45) is 3.57. The van der Waals surface area contributed by atoms with Gasteiger partial charge in [0.05, 0.1) is 12.2 Å². The van der Waals surface area contributed by atoms with Crippen LogP contribution in [0.25, 0.3) is 5.69 Å². The lowest BCUT2D eigenvalue weighted by Crippen LogP contribution is -2.56. The van der Waals surface area contributed by atoms with E-state index in [1.54, 1.807) is 29.1 Å². The molecule has 1 fully saturated rings. The Morgan fingerprint density at radius 1 is 1.28 bits per heavy atom. The van der Waals surface area contributed by atoms with E-state index >= 15 is 0 Å². The van der Waals surface area contributed by atoms with Gasteiger partial charge in [0.15, 0.2) is 0 Å². The molecule has 1 aliphatic rings. The van der Waals surface area contributed by atoms with Gasteiger partial charge in [-0.25, -0.2) is 9.07 Å². The van der Waals surface area contributed by atoms with E-state index in [-0.39, 0.29) is 17.8 Å². The summed E-state index contributed by atoms with van der Waals surface area (Å²) >= 11 is 0. The van der Waals surface area contributed by atoms with Crippen molar-refractivity contribution in [1.29, 1.82) is 0 Å². The third-order valence-electron chi connectivity index (χ3n) is 4.58. The highest BCUT2D eigenvalue weighted by molar-refractivity contribution is 5.82. The van der Waals surface area contributed by atoms with E-state index in [4.69, 9.17) is 0 Å². The minimum absolute atomic E-state index is 0.149. The number of rotatable bonds is 5. The van der Waals surface area contributed by atoms with Gasteiger partial charge in [-0.3, -0.25) is 9.69 Å². The summed E-state index contributed by atoms with van der Waals surface area (Å²) in [6, 6.07) is 6.42. The molecule has 2 heterocycles. The molecule has 0 aliphatic carbocycles. The van der Waals surface area contributed by atoms with Crippen molar-refractivity contribution in [2.24, 2.45) is 5.92 Å². The molecule has 0 saturated carbocycles. The molecular formula is C19H25FN4O. The summed E-state index contributed by atoms with van der Waals surface area (Å²) in [4.78, 5) is 16.7. The van der Waals surface area contributed by atoms with Gasteiger partial charge in [0.25, 0.3) is 0 Å². The van der Waals surface area contributed by atoms with Crippen molar-refractivity contribution >= 4 is 5.91 Å². The van der Waals surface area contributed by atoms with Crippen LogP contribution < -0.4 is 0 Å². The zero-order chi connectivity index (χ0) is 18.0. The van der Waals surface area contributed by atoms with Crippen LogP contribution in [0.5, 0.6) is 0 Å².